The fraction of sp³-hybridized carbons (Fsp3) is 0.583. The molecule has 88 valence electrons. The lowest BCUT2D eigenvalue weighted by Crippen LogP contribution is -2.31. The minimum atomic E-state index is 0.0944. The van der Waals surface area contributed by atoms with Crippen LogP contribution in [0.25, 0.3) is 0 Å². The molecule has 0 aliphatic carbocycles. The Bertz CT molecular complexity index is 349. The van der Waals surface area contributed by atoms with Gasteiger partial charge in [-0.25, -0.2) is 4.98 Å². The van der Waals surface area contributed by atoms with E-state index in [1.807, 2.05) is 6.07 Å². The molecule has 1 aliphatic heterocycles. The van der Waals surface area contributed by atoms with Crippen LogP contribution in [0.2, 0.25) is 0 Å². The van der Waals surface area contributed by atoms with Crippen LogP contribution in [0.1, 0.15) is 31.7 Å². The molecule has 0 saturated carbocycles. The summed E-state index contributed by atoms with van der Waals surface area (Å²) in [6.45, 7) is 4.19. The van der Waals surface area contributed by atoms with E-state index < -0.39 is 0 Å². The Kier molecular flexibility index (Phi) is 3.01. The topological polar surface area (TPSA) is 77.0 Å². The Morgan fingerprint density at radius 3 is 2.88 bits per heavy atom. The van der Waals surface area contributed by atoms with Crippen LogP contribution in [0, 0.1) is 0 Å². The average Bonchev–Trinajstić information content (AvgIpc) is 2.67. The standard InChI is InChI=1S/C12H20N4/c1-2-4-12(5-7-15-8-12)10-9(13)3-6-16-11(10)14/h3,6,15H,2,4-5,7-8H2,1H3,(H4,13,14,16)/t12-/m1/s1. The number of nitrogens with one attached hydrogen (secondary N) is 1. The van der Waals surface area contributed by atoms with E-state index in [1.165, 1.54) is 0 Å². The first kappa shape index (κ1) is 11.2. The van der Waals surface area contributed by atoms with Gasteiger partial charge in [0.25, 0.3) is 0 Å². The molecule has 5 N–H and O–H groups in total. The van der Waals surface area contributed by atoms with Crippen LogP contribution < -0.4 is 16.8 Å². The fourth-order valence-electron chi connectivity index (χ4n) is 2.85. The molecule has 4 nitrogen and oxygen atoms in total. The predicted octanol–water partition coefficient (Wildman–Crippen LogP) is 1.28. The maximum Gasteiger partial charge on any atom is 0.129 e. The summed E-state index contributed by atoms with van der Waals surface area (Å²) in [6, 6.07) is 1.85. The molecule has 1 aromatic heterocycles. The lowest BCUT2D eigenvalue weighted by Gasteiger charge is -2.30. The molecule has 2 rings (SSSR count). The second kappa shape index (κ2) is 4.29. The number of hydrogen-bond donors (Lipinski definition) is 3. The second-order valence-corrected chi connectivity index (χ2v) is 4.62. The smallest absolute Gasteiger partial charge is 0.129 e. The van der Waals surface area contributed by atoms with Gasteiger partial charge in [0.15, 0.2) is 0 Å². The van der Waals surface area contributed by atoms with Crippen molar-refractivity contribution < 1.29 is 0 Å². The van der Waals surface area contributed by atoms with E-state index in [9.17, 15) is 0 Å². The summed E-state index contributed by atoms with van der Waals surface area (Å²) in [5.41, 5.74) is 14.0. The highest BCUT2D eigenvalue weighted by atomic mass is 14.9. The van der Waals surface area contributed by atoms with Gasteiger partial charge >= 0.3 is 0 Å². The van der Waals surface area contributed by atoms with Crippen LogP contribution in [0.4, 0.5) is 11.5 Å². The zero-order valence-corrected chi connectivity index (χ0v) is 9.79. The van der Waals surface area contributed by atoms with E-state index in [-0.39, 0.29) is 5.41 Å². The van der Waals surface area contributed by atoms with Gasteiger partial charge in [-0.2, -0.15) is 0 Å². The van der Waals surface area contributed by atoms with Gasteiger partial charge in [0.2, 0.25) is 0 Å². The number of aromatic nitrogens is 1. The number of rotatable bonds is 3. The lowest BCUT2D eigenvalue weighted by atomic mass is 9.75. The molecule has 0 unspecified atom stereocenters. The predicted molar refractivity (Wildman–Crippen MR) is 67.1 cm³/mol. The third kappa shape index (κ3) is 1.73. The second-order valence-electron chi connectivity index (χ2n) is 4.62. The third-order valence-electron chi connectivity index (χ3n) is 3.52. The molecule has 1 aromatic rings. The largest absolute Gasteiger partial charge is 0.398 e. The van der Waals surface area contributed by atoms with Crippen molar-refractivity contribution in [2.75, 3.05) is 24.6 Å². The first-order chi connectivity index (χ1) is 7.69. The first-order valence-corrected chi connectivity index (χ1v) is 5.91. The van der Waals surface area contributed by atoms with Gasteiger partial charge in [-0.15, -0.1) is 0 Å². The maximum absolute atomic E-state index is 6.07. The Hall–Kier alpha value is -1.29. The van der Waals surface area contributed by atoms with Crippen molar-refractivity contribution in [3.8, 4) is 0 Å². The molecule has 1 fully saturated rings. The third-order valence-corrected chi connectivity index (χ3v) is 3.52. The Morgan fingerprint density at radius 2 is 2.31 bits per heavy atom. The van der Waals surface area contributed by atoms with E-state index in [0.717, 1.165) is 43.6 Å². The quantitative estimate of drug-likeness (QED) is 0.717. The molecule has 0 aromatic carbocycles. The highest BCUT2D eigenvalue weighted by molar-refractivity contribution is 5.61. The van der Waals surface area contributed by atoms with Crippen molar-refractivity contribution in [1.29, 1.82) is 0 Å². The van der Waals surface area contributed by atoms with Gasteiger partial charge in [-0.05, 0) is 25.5 Å². The van der Waals surface area contributed by atoms with Gasteiger partial charge in [0.05, 0.1) is 0 Å². The SMILES string of the molecule is CCC[C@@]1(c2c(N)ccnc2N)CCNC1. The van der Waals surface area contributed by atoms with E-state index in [4.69, 9.17) is 11.5 Å². The maximum atomic E-state index is 6.07. The number of nitrogens with zero attached hydrogens (tertiary/aromatic N) is 1. The van der Waals surface area contributed by atoms with Crippen LogP contribution in [-0.4, -0.2) is 18.1 Å². The molecule has 16 heavy (non-hydrogen) atoms. The molecular weight excluding hydrogens is 200 g/mol. The van der Waals surface area contributed by atoms with E-state index in [0.29, 0.717) is 5.82 Å². The highest BCUT2D eigenvalue weighted by Crippen LogP contribution is 2.40. The molecule has 0 radical (unpaired) electrons. The molecule has 2 heterocycles. The van der Waals surface area contributed by atoms with Crippen LogP contribution in [-0.2, 0) is 5.41 Å². The minimum absolute atomic E-state index is 0.0944. The summed E-state index contributed by atoms with van der Waals surface area (Å²) in [5, 5.41) is 3.41. The summed E-state index contributed by atoms with van der Waals surface area (Å²) in [5.74, 6) is 0.595. The molecule has 0 spiro atoms. The van der Waals surface area contributed by atoms with Crippen LogP contribution in [0.3, 0.4) is 0 Å². The molecular formula is C12H20N4. The highest BCUT2D eigenvalue weighted by Gasteiger charge is 2.38. The lowest BCUT2D eigenvalue weighted by molar-refractivity contribution is 0.429. The number of nitrogens with two attached hydrogens (primary N) is 2. The summed E-state index contributed by atoms with van der Waals surface area (Å²) >= 11 is 0. The van der Waals surface area contributed by atoms with Crippen LogP contribution in [0.15, 0.2) is 12.3 Å². The molecule has 0 amide bonds. The van der Waals surface area contributed by atoms with Crippen molar-refractivity contribution in [3.05, 3.63) is 17.8 Å². The van der Waals surface area contributed by atoms with Gasteiger partial charge in [-0.1, -0.05) is 13.3 Å². The van der Waals surface area contributed by atoms with Gasteiger partial charge in [-0.3, -0.25) is 0 Å². The number of nitrogen functional groups attached to an aromatic ring is 2. The van der Waals surface area contributed by atoms with E-state index in [1.54, 1.807) is 6.20 Å². The number of anilines is 2. The van der Waals surface area contributed by atoms with Gasteiger partial charge in [0, 0.05) is 29.4 Å². The zero-order valence-electron chi connectivity index (χ0n) is 9.79. The normalized spacial score (nSPS) is 24.8. The first-order valence-electron chi connectivity index (χ1n) is 5.91. The van der Waals surface area contributed by atoms with Crippen LogP contribution in [0.5, 0.6) is 0 Å². The van der Waals surface area contributed by atoms with Crippen molar-refractivity contribution in [2.24, 2.45) is 0 Å². The summed E-state index contributed by atoms with van der Waals surface area (Å²) in [4.78, 5) is 4.18. The number of pyridine rings is 1. The monoisotopic (exact) mass is 220 g/mol. The van der Waals surface area contributed by atoms with Crippen molar-refractivity contribution in [1.82, 2.24) is 10.3 Å². The van der Waals surface area contributed by atoms with E-state index in [2.05, 4.69) is 17.2 Å². The van der Waals surface area contributed by atoms with Crippen molar-refractivity contribution in [3.63, 3.8) is 0 Å². The van der Waals surface area contributed by atoms with Crippen molar-refractivity contribution in [2.45, 2.75) is 31.6 Å². The van der Waals surface area contributed by atoms with E-state index >= 15 is 0 Å². The van der Waals surface area contributed by atoms with Gasteiger partial charge < -0.3 is 16.8 Å². The Morgan fingerprint density at radius 1 is 1.50 bits per heavy atom. The Labute approximate surface area is 96.4 Å². The molecule has 4 heteroatoms. The molecule has 1 atom stereocenters. The fourth-order valence-corrected chi connectivity index (χ4v) is 2.85. The number of hydrogen-bond acceptors (Lipinski definition) is 4. The summed E-state index contributed by atoms with van der Waals surface area (Å²) in [6.07, 6.45) is 5.02. The molecule has 0 bridgehead atoms. The zero-order chi connectivity index (χ0) is 11.6. The minimum Gasteiger partial charge on any atom is -0.398 e. The van der Waals surface area contributed by atoms with Gasteiger partial charge in [0.1, 0.15) is 5.82 Å². The average molecular weight is 220 g/mol. The molecule has 1 aliphatic rings. The summed E-state index contributed by atoms with van der Waals surface area (Å²) < 4.78 is 0. The molecule has 1 saturated heterocycles. The summed E-state index contributed by atoms with van der Waals surface area (Å²) in [7, 11) is 0. The van der Waals surface area contributed by atoms with Crippen molar-refractivity contribution >= 4 is 11.5 Å². The Balaban J connectivity index is 2.46. The van der Waals surface area contributed by atoms with Crippen LogP contribution >= 0.6 is 0 Å².